The molecule has 2 N–H and O–H groups in total. The van der Waals surface area contributed by atoms with Crippen LogP contribution in [0, 0.1) is 0 Å². The minimum Gasteiger partial charge on any atom is -0.389 e. The van der Waals surface area contributed by atoms with E-state index in [-0.39, 0.29) is 0 Å². The third kappa shape index (κ3) is 2.86. The van der Waals surface area contributed by atoms with Crippen LogP contribution in [0.4, 0.5) is 0 Å². The second kappa shape index (κ2) is 5.16. The largest absolute Gasteiger partial charge is 0.389 e. The molecule has 0 spiro atoms. The Bertz CT molecular complexity index is 356. The number of hydrogen-bond donors (Lipinski definition) is 2. The van der Waals surface area contributed by atoms with Gasteiger partial charge in [0.15, 0.2) is 0 Å². The fourth-order valence-corrected chi connectivity index (χ4v) is 2.10. The number of aliphatic hydroxyl groups is 2. The van der Waals surface area contributed by atoms with Gasteiger partial charge >= 0.3 is 0 Å². The first-order valence-electron chi connectivity index (χ1n) is 6.22. The Balaban J connectivity index is 1.93. The van der Waals surface area contributed by atoms with Crippen LogP contribution < -0.4 is 0 Å². The summed E-state index contributed by atoms with van der Waals surface area (Å²) < 4.78 is 1.97. The van der Waals surface area contributed by atoms with Gasteiger partial charge in [-0.05, 0) is 19.4 Å². The van der Waals surface area contributed by atoms with Gasteiger partial charge in [0.25, 0.3) is 0 Å². The molecule has 1 fully saturated rings. The molecule has 0 aromatic carbocycles. The van der Waals surface area contributed by atoms with Crippen LogP contribution in [-0.4, -0.2) is 50.2 Å². The van der Waals surface area contributed by atoms with Crippen molar-refractivity contribution in [2.45, 2.75) is 45.1 Å². The molecule has 1 aromatic rings. The van der Waals surface area contributed by atoms with Gasteiger partial charge in [0.2, 0.25) is 0 Å². The maximum atomic E-state index is 9.46. The summed E-state index contributed by atoms with van der Waals surface area (Å²) in [6, 6.07) is 2.42. The summed E-state index contributed by atoms with van der Waals surface area (Å²) in [5, 5.41) is 23.4. The van der Waals surface area contributed by atoms with E-state index >= 15 is 0 Å². The number of aromatic nitrogens is 2. The van der Waals surface area contributed by atoms with Gasteiger partial charge in [-0.1, -0.05) is 6.92 Å². The quantitative estimate of drug-likeness (QED) is 0.798. The molecule has 0 bridgehead atoms. The van der Waals surface area contributed by atoms with E-state index in [0.717, 1.165) is 12.1 Å². The van der Waals surface area contributed by atoms with E-state index in [1.165, 1.54) is 0 Å². The molecule has 96 valence electrons. The Kier molecular flexibility index (Phi) is 3.81. The van der Waals surface area contributed by atoms with Crippen LogP contribution in [0.15, 0.2) is 12.3 Å². The van der Waals surface area contributed by atoms with E-state index in [4.69, 9.17) is 0 Å². The molecule has 2 heterocycles. The first-order valence-corrected chi connectivity index (χ1v) is 6.22. The zero-order chi connectivity index (χ0) is 12.4. The molecule has 3 atom stereocenters. The van der Waals surface area contributed by atoms with Crippen molar-refractivity contribution in [3.05, 3.63) is 18.0 Å². The summed E-state index contributed by atoms with van der Waals surface area (Å²) in [5.41, 5.74) is 0.992. The highest BCUT2D eigenvalue weighted by atomic mass is 16.3. The average molecular weight is 239 g/mol. The van der Waals surface area contributed by atoms with Crippen molar-refractivity contribution < 1.29 is 10.2 Å². The van der Waals surface area contributed by atoms with E-state index in [2.05, 4.69) is 18.9 Å². The predicted molar refractivity (Wildman–Crippen MR) is 64.5 cm³/mol. The lowest BCUT2D eigenvalue weighted by Crippen LogP contribution is -2.22. The Morgan fingerprint density at radius 3 is 2.65 bits per heavy atom. The lowest BCUT2D eigenvalue weighted by molar-refractivity contribution is 0.0572. The third-order valence-corrected chi connectivity index (χ3v) is 3.43. The second-order valence-corrected chi connectivity index (χ2v) is 4.87. The van der Waals surface area contributed by atoms with Crippen LogP contribution in [0.5, 0.6) is 0 Å². The monoisotopic (exact) mass is 239 g/mol. The molecule has 0 amide bonds. The van der Waals surface area contributed by atoms with Crippen LogP contribution in [0.25, 0.3) is 0 Å². The molecule has 0 saturated carbocycles. The van der Waals surface area contributed by atoms with Crippen LogP contribution >= 0.6 is 0 Å². The van der Waals surface area contributed by atoms with Gasteiger partial charge in [-0.2, -0.15) is 5.10 Å². The maximum absolute atomic E-state index is 9.46. The number of likely N-dealkylation sites (tertiary alicyclic amines) is 1. The van der Waals surface area contributed by atoms with E-state index in [0.29, 0.717) is 25.7 Å². The SMILES string of the molecule is CCC(C)n1ccc(CN2C[C@@H](O)[C@@H](O)C2)n1. The number of aliphatic hydroxyl groups excluding tert-OH is 2. The van der Waals surface area contributed by atoms with E-state index in [1.54, 1.807) is 0 Å². The first kappa shape index (κ1) is 12.5. The second-order valence-electron chi connectivity index (χ2n) is 4.87. The number of nitrogens with zero attached hydrogens (tertiary/aromatic N) is 3. The van der Waals surface area contributed by atoms with Crippen molar-refractivity contribution in [2.24, 2.45) is 0 Å². The predicted octanol–water partition coefficient (Wildman–Crippen LogP) is 0.392. The summed E-state index contributed by atoms with van der Waals surface area (Å²) in [4.78, 5) is 2.03. The zero-order valence-electron chi connectivity index (χ0n) is 10.5. The molecular weight excluding hydrogens is 218 g/mol. The van der Waals surface area contributed by atoms with E-state index in [1.807, 2.05) is 21.8 Å². The van der Waals surface area contributed by atoms with Gasteiger partial charge in [0.1, 0.15) is 0 Å². The first-order chi connectivity index (χ1) is 8.10. The third-order valence-electron chi connectivity index (χ3n) is 3.43. The molecule has 2 rings (SSSR count). The van der Waals surface area contributed by atoms with Crippen molar-refractivity contribution in [3.63, 3.8) is 0 Å². The van der Waals surface area contributed by atoms with Gasteiger partial charge in [0, 0.05) is 31.9 Å². The minimum absolute atomic E-state index is 0.415. The lowest BCUT2D eigenvalue weighted by atomic mass is 10.3. The fourth-order valence-electron chi connectivity index (χ4n) is 2.10. The molecular formula is C12H21N3O2. The molecule has 5 nitrogen and oxygen atoms in total. The molecule has 17 heavy (non-hydrogen) atoms. The van der Waals surface area contributed by atoms with Gasteiger partial charge in [-0.15, -0.1) is 0 Å². The summed E-state index contributed by atoms with van der Waals surface area (Å²) in [6.07, 6.45) is 1.81. The number of hydrogen-bond acceptors (Lipinski definition) is 4. The average Bonchev–Trinajstić information content (AvgIpc) is 2.87. The minimum atomic E-state index is -0.619. The standard InChI is InChI=1S/C12H21N3O2/c1-3-9(2)15-5-4-10(13-15)6-14-7-11(16)12(17)8-14/h4-5,9,11-12,16-17H,3,6-8H2,1-2H3/t9?,11-,12+. The zero-order valence-corrected chi connectivity index (χ0v) is 10.5. The number of rotatable bonds is 4. The molecule has 1 aromatic heterocycles. The van der Waals surface area contributed by atoms with E-state index < -0.39 is 12.2 Å². The topological polar surface area (TPSA) is 61.5 Å². The molecule has 5 heteroatoms. The maximum Gasteiger partial charge on any atom is 0.0938 e. The van der Waals surface area contributed by atoms with E-state index in [9.17, 15) is 10.2 Å². The van der Waals surface area contributed by atoms with Crippen LogP contribution in [-0.2, 0) is 6.54 Å². The summed E-state index contributed by atoms with van der Waals surface area (Å²) in [5.74, 6) is 0. The Labute approximate surface area is 102 Å². The van der Waals surface area contributed by atoms with Crippen molar-refractivity contribution in [3.8, 4) is 0 Å². The van der Waals surface area contributed by atoms with Crippen molar-refractivity contribution in [1.82, 2.24) is 14.7 Å². The highest BCUT2D eigenvalue weighted by Crippen LogP contribution is 2.14. The highest BCUT2D eigenvalue weighted by Gasteiger charge is 2.29. The molecule has 1 unspecified atom stereocenters. The van der Waals surface area contributed by atoms with Crippen LogP contribution in [0.2, 0.25) is 0 Å². The summed E-state index contributed by atoms with van der Waals surface area (Å²) in [7, 11) is 0. The molecule has 1 aliphatic heterocycles. The number of β-amino-alcohol motifs (C(OH)–C–C–N with tert-alkyl or cyclic N) is 2. The van der Waals surface area contributed by atoms with Gasteiger partial charge < -0.3 is 10.2 Å². The fraction of sp³-hybridized carbons (Fsp3) is 0.750. The Hall–Kier alpha value is -0.910. The summed E-state index contributed by atoms with van der Waals surface area (Å²) in [6.45, 7) is 6.02. The summed E-state index contributed by atoms with van der Waals surface area (Å²) >= 11 is 0. The normalized spacial score (nSPS) is 27.5. The Morgan fingerprint density at radius 2 is 2.06 bits per heavy atom. The highest BCUT2D eigenvalue weighted by molar-refractivity contribution is 5.01. The molecule has 0 aliphatic carbocycles. The van der Waals surface area contributed by atoms with Gasteiger partial charge in [-0.25, -0.2) is 0 Å². The van der Waals surface area contributed by atoms with Crippen molar-refractivity contribution in [2.75, 3.05) is 13.1 Å². The van der Waals surface area contributed by atoms with Crippen molar-refractivity contribution in [1.29, 1.82) is 0 Å². The molecule has 1 saturated heterocycles. The van der Waals surface area contributed by atoms with Gasteiger partial charge in [-0.3, -0.25) is 9.58 Å². The Morgan fingerprint density at radius 1 is 1.41 bits per heavy atom. The smallest absolute Gasteiger partial charge is 0.0938 e. The van der Waals surface area contributed by atoms with Crippen LogP contribution in [0.1, 0.15) is 32.0 Å². The molecule has 0 radical (unpaired) electrons. The molecule has 1 aliphatic rings. The van der Waals surface area contributed by atoms with Gasteiger partial charge in [0.05, 0.1) is 17.9 Å². The van der Waals surface area contributed by atoms with Crippen molar-refractivity contribution >= 4 is 0 Å². The lowest BCUT2D eigenvalue weighted by Gasteiger charge is -2.13. The van der Waals surface area contributed by atoms with Crippen LogP contribution in [0.3, 0.4) is 0 Å².